The summed E-state index contributed by atoms with van der Waals surface area (Å²) in [4.78, 5) is 4.06. The summed E-state index contributed by atoms with van der Waals surface area (Å²) in [6.07, 6.45) is 2.86. The van der Waals surface area contributed by atoms with Gasteiger partial charge >= 0.3 is 0 Å². The summed E-state index contributed by atoms with van der Waals surface area (Å²) in [7, 11) is 0. The molecule has 0 amide bonds. The normalized spacial score (nSPS) is 22.4. The summed E-state index contributed by atoms with van der Waals surface area (Å²) in [5.41, 5.74) is 5.41. The van der Waals surface area contributed by atoms with E-state index in [9.17, 15) is 0 Å². The highest BCUT2D eigenvalue weighted by Crippen LogP contribution is 2.13. The van der Waals surface area contributed by atoms with Crippen LogP contribution in [0.3, 0.4) is 0 Å². The Hall–Kier alpha value is -0.940. The van der Waals surface area contributed by atoms with Crippen LogP contribution in [0.15, 0.2) is 6.33 Å². The fraction of sp³-hybridized carbons (Fsp3) is 0.750. The van der Waals surface area contributed by atoms with Crippen molar-refractivity contribution in [1.29, 1.82) is 0 Å². The van der Waals surface area contributed by atoms with Gasteiger partial charge < -0.3 is 10.5 Å². The lowest BCUT2D eigenvalue weighted by Crippen LogP contribution is -2.11. The van der Waals surface area contributed by atoms with E-state index >= 15 is 0 Å². The fourth-order valence-corrected chi connectivity index (χ4v) is 1.51. The van der Waals surface area contributed by atoms with Crippen molar-refractivity contribution < 1.29 is 4.74 Å². The third-order valence-corrected chi connectivity index (χ3v) is 2.24. The van der Waals surface area contributed by atoms with Crippen molar-refractivity contribution >= 4 is 0 Å². The summed E-state index contributed by atoms with van der Waals surface area (Å²) in [6.45, 7) is 3.03. The second kappa shape index (κ2) is 3.85. The van der Waals surface area contributed by atoms with Crippen LogP contribution >= 0.6 is 0 Å². The number of hydrogen-bond acceptors (Lipinski definition) is 4. The number of rotatable bonds is 3. The van der Waals surface area contributed by atoms with Gasteiger partial charge in [-0.15, -0.1) is 0 Å². The maximum atomic E-state index is 5.41. The van der Waals surface area contributed by atoms with Crippen molar-refractivity contribution in [3.8, 4) is 0 Å². The Bertz CT molecular complexity index is 267. The monoisotopic (exact) mass is 182 g/mol. The average Bonchev–Trinajstić information content (AvgIpc) is 2.76. The Labute approximate surface area is 76.9 Å². The third kappa shape index (κ3) is 2.05. The Kier molecular flexibility index (Phi) is 2.56. The van der Waals surface area contributed by atoms with Gasteiger partial charge in [0.2, 0.25) is 0 Å². The molecule has 5 nitrogen and oxygen atoms in total. The Balaban J connectivity index is 1.92. The van der Waals surface area contributed by atoms with Gasteiger partial charge in [0.25, 0.3) is 0 Å². The molecule has 1 atom stereocenters. The first kappa shape index (κ1) is 8.65. The lowest BCUT2D eigenvalue weighted by Gasteiger charge is -2.05. The number of ether oxygens (including phenoxy) is 1. The molecule has 2 N–H and O–H groups in total. The highest BCUT2D eigenvalue weighted by atomic mass is 16.5. The summed E-state index contributed by atoms with van der Waals surface area (Å²) in [5.74, 6) is 1.30. The Morgan fingerprint density at radius 3 is 3.23 bits per heavy atom. The SMILES string of the molecule is NCc1ncn(CC2CCOC2)n1. The van der Waals surface area contributed by atoms with E-state index in [1.165, 1.54) is 0 Å². The van der Waals surface area contributed by atoms with Gasteiger partial charge in [-0.25, -0.2) is 4.98 Å². The summed E-state index contributed by atoms with van der Waals surface area (Å²) in [6, 6.07) is 0. The second-order valence-corrected chi connectivity index (χ2v) is 3.32. The van der Waals surface area contributed by atoms with Crippen molar-refractivity contribution in [1.82, 2.24) is 14.8 Å². The smallest absolute Gasteiger partial charge is 0.164 e. The van der Waals surface area contributed by atoms with Crippen molar-refractivity contribution in [3.05, 3.63) is 12.2 Å². The van der Waals surface area contributed by atoms with E-state index in [0.29, 0.717) is 18.3 Å². The largest absolute Gasteiger partial charge is 0.381 e. The zero-order chi connectivity index (χ0) is 9.10. The first-order valence-corrected chi connectivity index (χ1v) is 4.54. The van der Waals surface area contributed by atoms with Crippen molar-refractivity contribution in [3.63, 3.8) is 0 Å². The molecule has 0 saturated carbocycles. The van der Waals surface area contributed by atoms with Crippen molar-refractivity contribution in [2.24, 2.45) is 11.7 Å². The van der Waals surface area contributed by atoms with Crippen LogP contribution in [0, 0.1) is 5.92 Å². The molecule has 1 aromatic heterocycles. The molecule has 2 heterocycles. The number of aromatic nitrogens is 3. The van der Waals surface area contributed by atoms with E-state index in [1.807, 2.05) is 4.68 Å². The number of hydrogen-bond donors (Lipinski definition) is 1. The molecule has 1 aliphatic heterocycles. The Morgan fingerprint density at radius 1 is 1.69 bits per heavy atom. The van der Waals surface area contributed by atoms with Crippen LogP contribution in [-0.2, 0) is 17.8 Å². The predicted molar refractivity (Wildman–Crippen MR) is 46.8 cm³/mol. The number of nitrogens with zero attached hydrogens (tertiary/aromatic N) is 3. The van der Waals surface area contributed by atoms with Crippen LogP contribution in [0.1, 0.15) is 12.2 Å². The minimum absolute atomic E-state index is 0.411. The van der Waals surface area contributed by atoms with Gasteiger partial charge in [0.1, 0.15) is 6.33 Å². The molecule has 2 rings (SSSR count). The van der Waals surface area contributed by atoms with E-state index in [0.717, 1.165) is 26.2 Å². The zero-order valence-corrected chi connectivity index (χ0v) is 7.52. The molecule has 1 aromatic rings. The molecule has 1 saturated heterocycles. The van der Waals surface area contributed by atoms with E-state index in [2.05, 4.69) is 10.1 Å². The fourth-order valence-electron chi connectivity index (χ4n) is 1.51. The van der Waals surface area contributed by atoms with Gasteiger partial charge in [0.05, 0.1) is 13.2 Å². The van der Waals surface area contributed by atoms with Gasteiger partial charge in [0, 0.05) is 19.1 Å². The quantitative estimate of drug-likeness (QED) is 0.701. The Morgan fingerprint density at radius 2 is 2.62 bits per heavy atom. The minimum Gasteiger partial charge on any atom is -0.381 e. The molecular formula is C8H14N4O. The van der Waals surface area contributed by atoms with Crippen molar-refractivity contribution in [2.45, 2.75) is 19.5 Å². The topological polar surface area (TPSA) is 66.0 Å². The second-order valence-electron chi connectivity index (χ2n) is 3.32. The van der Waals surface area contributed by atoms with Gasteiger partial charge in [-0.1, -0.05) is 0 Å². The van der Waals surface area contributed by atoms with Crippen LogP contribution in [0.5, 0.6) is 0 Å². The van der Waals surface area contributed by atoms with E-state index in [1.54, 1.807) is 6.33 Å². The molecule has 72 valence electrons. The van der Waals surface area contributed by atoms with Crippen LogP contribution in [0.2, 0.25) is 0 Å². The van der Waals surface area contributed by atoms with Gasteiger partial charge in [-0.3, -0.25) is 4.68 Å². The molecule has 1 unspecified atom stereocenters. The van der Waals surface area contributed by atoms with E-state index in [4.69, 9.17) is 10.5 Å². The highest BCUT2D eigenvalue weighted by molar-refractivity contribution is 4.79. The maximum absolute atomic E-state index is 5.41. The summed E-state index contributed by atoms with van der Waals surface area (Å²) < 4.78 is 7.12. The van der Waals surface area contributed by atoms with Gasteiger partial charge in [-0.05, 0) is 6.42 Å². The third-order valence-electron chi connectivity index (χ3n) is 2.24. The maximum Gasteiger partial charge on any atom is 0.164 e. The minimum atomic E-state index is 0.411. The van der Waals surface area contributed by atoms with Crippen molar-refractivity contribution in [2.75, 3.05) is 13.2 Å². The van der Waals surface area contributed by atoms with Crippen LogP contribution in [-0.4, -0.2) is 28.0 Å². The zero-order valence-electron chi connectivity index (χ0n) is 7.52. The van der Waals surface area contributed by atoms with Crippen LogP contribution in [0.25, 0.3) is 0 Å². The molecule has 0 aliphatic carbocycles. The molecule has 13 heavy (non-hydrogen) atoms. The van der Waals surface area contributed by atoms with Gasteiger partial charge in [-0.2, -0.15) is 5.10 Å². The van der Waals surface area contributed by atoms with E-state index < -0.39 is 0 Å². The number of nitrogens with two attached hydrogens (primary N) is 1. The highest BCUT2D eigenvalue weighted by Gasteiger charge is 2.16. The lowest BCUT2D eigenvalue weighted by atomic mass is 10.1. The lowest BCUT2D eigenvalue weighted by molar-refractivity contribution is 0.181. The standard InChI is InChI=1S/C8H14N4O/c9-3-8-10-6-12(11-8)4-7-1-2-13-5-7/h6-7H,1-5,9H2. The summed E-state index contributed by atoms with van der Waals surface area (Å²) in [5, 5.41) is 4.22. The molecule has 5 heteroatoms. The van der Waals surface area contributed by atoms with Crippen LogP contribution in [0.4, 0.5) is 0 Å². The van der Waals surface area contributed by atoms with Crippen LogP contribution < -0.4 is 5.73 Å². The first-order valence-electron chi connectivity index (χ1n) is 4.54. The molecule has 0 bridgehead atoms. The molecular weight excluding hydrogens is 168 g/mol. The molecule has 0 aromatic carbocycles. The summed E-state index contributed by atoms with van der Waals surface area (Å²) >= 11 is 0. The average molecular weight is 182 g/mol. The molecule has 0 radical (unpaired) electrons. The van der Waals surface area contributed by atoms with E-state index in [-0.39, 0.29) is 0 Å². The molecule has 1 aliphatic rings. The predicted octanol–water partition coefficient (Wildman–Crippen LogP) is -0.227. The first-order chi connectivity index (χ1) is 6.38. The van der Waals surface area contributed by atoms with Gasteiger partial charge in [0.15, 0.2) is 5.82 Å². The molecule has 1 fully saturated rings. The molecule has 0 spiro atoms.